The van der Waals surface area contributed by atoms with Crippen molar-refractivity contribution in [3.8, 4) is 0 Å². The maximum absolute atomic E-state index is 12.3. The van der Waals surface area contributed by atoms with E-state index in [-0.39, 0.29) is 5.91 Å². The topological polar surface area (TPSA) is 78.5 Å². The maximum Gasteiger partial charge on any atom is 0.314 e. The zero-order chi connectivity index (χ0) is 19.0. The monoisotopic (exact) mass is 363 g/mol. The van der Waals surface area contributed by atoms with E-state index in [1.807, 2.05) is 36.1 Å². The molecule has 2 heterocycles. The molecule has 0 atom stereocenters. The standard InChI is InChI=1S/C21H21N3O3/c1-13-4-7-16(8-5-13)22-20(26)21(27)23-17-11-14-3-2-10-24-18(25)9-6-15(12-17)19(14)24/h4-5,7-8,11-12H,2-3,6,9-10H2,1H3,(H,22,26)(H,23,27). The summed E-state index contributed by atoms with van der Waals surface area (Å²) in [5.74, 6) is -1.25. The van der Waals surface area contributed by atoms with Gasteiger partial charge >= 0.3 is 11.8 Å². The van der Waals surface area contributed by atoms with Crippen LogP contribution in [-0.2, 0) is 27.2 Å². The van der Waals surface area contributed by atoms with E-state index in [4.69, 9.17) is 0 Å². The molecule has 2 aliphatic rings. The maximum atomic E-state index is 12.3. The molecule has 6 nitrogen and oxygen atoms in total. The highest BCUT2D eigenvalue weighted by atomic mass is 16.2. The molecule has 0 bridgehead atoms. The van der Waals surface area contributed by atoms with E-state index >= 15 is 0 Å². The Morgan fingerprint density at radius 1 is 0.889 bits per heavy atom. The van der Waals surface area contributed by atoms with Crippen molar-refractivity contribution in [3.05, 3.63) is 53.1 Å². The Balaban J connectivity index is 1.51. The number of carbonyl (C=O) groups excluding carboxylic acids is 3. The Labute approximate surface area is 157 Å². The molecule has 0 saturated heterocycles. The summed E-state index contributed by atoms with van der Waals surface area (Å²) >= 11 is 0. The molecule has 2 N–H and O–H groups in total. The summed E-state index contributed by atoms with van der Waals surface area (Å²) in [4.78, 5) is 38.4. The number of anilines is 3. The van der Waals surface area contributed by atoms with Crippen LogP contribution in [-0.4, -0.2) is 24.3 Å². The molecule has 0 radical (unpaired) electrons. The minimum Gasteiger partial charge on any atom is -0.318 e. The van der Waals surface area contributed by atoms with Crippen molar-refractivity contribution in [2.75, 3.05) is 22.1 Å². The average Bonchev–Trinajstić information content (AvgIpc) is 2.66. The molecule has 27 heavy (non-hydrogen) atoms. The molecule has 3 amide bonds. The van der Waals surface area contributed by atoms with Crippen molar-refractivity contribution in [2.24, 2.45) is 0 Å². The molecule has 4 rings (SSSR count). The third-order valence-electron chi connectivity index (χ3n) is 5.05. The Hall–Kier alpha value is -3.15. The molecule has 2 aliphatic heterocycles. The van der Waals surface area contributed by atoms with Crippen LogP contribution in [0.25, 0.3) is 0 Å². The molecule has 0 aromatic heterocycles. The van der Waals surface area contributed by atoms with Crippen molar-refractivity contribution in [2.45, 2.75) is 32.6 Å². The molecule has 0 saturated carbocycles. The van der Waals surface area contributed by atoms with Gasteiger partial charge in [0.05, 0.1) is 5.69 Å². The Morgan fingerprint density at radius 3 is 2.22 bits per heavy atom. The lowest BCUT2D eigenvalue weighted by molar-refractivity contribution is -0.132. The van der Waals surface area contributed by atoms with Gasteiger partial charge in [-0.25, -0.2) is 0 Å². The van der Waals surface area contributed by atoms with Crippen molar-refractivity contribution in [1.82, 2.24) is 0 Å². The number of hydrogen-bond acceptors (Lipinski definition) is 3. The van der Waals surface area contributed by atoms with E-state index in [9.17, 15) is 14.4 Å². The fourth-order valence-corrected chi connectivity index (χ4v) is 3.74. The van der Waals surface area contributed by atoms with Gasteiger partial charge in [0.25, 0.3) is 0 Å². The van der Waals surface area contributed by atoms with Crippen LogP contribution in [0.5, 0.6) is 0 Å². The zero-order valence-corrected chi connectivity index (χ0v) is 15.2. The predicted molar refractivity (Wildman–Crippen MR) is 104 cm³/mol. The summed E-state index contributed by atoms with van der Waals surface area (Å²) in [6.07, 6.45) is 2.92. The van der Waals surface area contributed by atoms with Gasteiger partial charge in [0, 0.05) is 24.3 Å². The second-order valence-corrected chi connectivity index (χ2v) is 7.07. The molecule has 0 fully saturated rings. The van der Waals surface area contributed by atoms with Crippen LogP contribution in [0.4, 0.5) is 17.1 Å². The summed E-state index contributed by atoms with van der Waals surface area (Å²) in [5, 5.41) is 5.29. The molecule has 0 aliphatic carbocycles. The number of hydrogen-bond donors (Lipinski definition) is 2. The van der Waals surface area contributed by atoms with Gasteiger partial charge in [-0.15, -0.1) is 0 Å². The number of amides is 3. The van der Waals surface area contributed by atoms with Gasteiger partial charge in [-0.3, -0.25) is 14.4 Å². The van der Waals surface area contributed by atoms with Crippen molar-refractivity contribution >= 4 is 34.8 Å². The number of rotatable bonds is 2. The van der Waals surface area contributed by atoms with Crippen molar-refractivity contribution < 1.29 is 14.4 Å². The summed E-state index contributed by atoms with van der Waals surface area (Å²) in [6.45, 7) is 2.71. The summed E-state index contributed by atoms with van der Waals surface area (Å²) in [5.41, 5.74) is 5.37. The molecule has 2 aromatic rings. The van der Waals surface area contributed by atoms with Crippen LogP contribution in [0.1, 0.15) is 29.5 Å². The van der Waals surface area contributed by atoms with E-state index in [2.05, 4.69) is 10.6 Å². The quantitative estimate of drug-likeness (QED) is 0.806. The van der Waals surface area contributed by atoms with E-state index in [1.165, 1.54) is 0 Å². The number of nitrogens with zero attached hydrogens (tertiary/aromatic N) is 1. The van der Waals surface area contributed by atoms with E-state index < -0.39 is 11.8 Å². The van der Waals surface area contributed by atoms with Crippen LogP contribution in [0.3, 0.4) is 0 Å². The Kier molecular flexibility index (Phi) is 4.39. The fraction of sp³-hybridized carbons (Fsp3) is 0.286. The van der Waals surface area contributed by atoms with Gasteiger partial charge in [0.15, 0.2) is 0 Å². The second-order valence-electron chi connectivity index (χ2n) is 7.07. The fourth-order valence-electron chi connectivity index (χ4n) is 3.74. The Morgan fingerprint density at radius 2 is 1.52 bits per heavy atom. The normalized spacial score (nSPS) is 15.1. The van der Waals surface area contributed by atoms with Gasteiger partial charge in [-0.2, -0.15) is 0 Å². The smallest absolute Gasteiger partial charge is 0.314 e. The summed E-state index contributed by atoms with van der Waals surface area (Å²) in [7, 11) is 0. The number of aryl methyl sites for hydroxylation is 3. The highest BCUT2D eigenvalue weighted by molar-refractivity contribution is 6.43. The lowest BCUT2D eigenvalue weighted by atomic mass is 9.91. The third kappa shape index (κ3) is 3.43. The highest BCUT2D eigenvalue weighted by Crippen LogP contribution is 2.37. The van der Waals surface area contributed by atoms with E-state index in [0.717, 1.165) is 41.8 Å². The molecular formula is C21H21N3O3. The van der Waals surface area contributed by atoms with Crippen LogP contribution < -0.4 is 15.5 Å². The van der Waals surface area contributed by atoms with Gasteiger partial charge in [0.2, 0.25) is 5.91 Å². The van der Waals surface area contributed by atoms with Crippen LogP contribution in [0, 0.1) is 6.92 Å². The first-order valence-corrected chi connectivity index (χ1v) is 9.16. The summed E-state index contributed by atoms with van der Waals surface area (Å²) < 4.78 is 0. The largest absolute Gasteiger partial charge is 0.318 e. The summed E-state index contributed by atoms with van der Waals surface area (Å²) in [6, 6.07) is 11.0. The first-order chi connectivity index (χ1) is 13.0. The number of nitrogens with one attached hydrogen (secondary N) is 2. The molecule has 138 valence electrons. The van der Waals surface area contributed by atoms with Crippen LogP contribution in [0.2, 0.25) is 0 Å². The van der Waals surface area contributed by atoms with Gasteiger partial charge < -0.3 is 15.5 Å². The number of carbonyl (C=O) groups is 3. The van der Waals surface area contributed by atoms with Crippen LogP contribution >= 0.6 is 0 Å². The lowest BCUT2D eigenvalue weighted by Crippen LogP contribution is -2.39. The predicted octanol–water partition coefficient (Wildman–Crippen LogP) is 2.80. The molecular weight excluding hydrogens is 342 g/mol. The first-order valence-electron chi connectivity index (χ1n) is 9.16. The average molecular weight is 363 g/mol. The molecule has 2 aromatic carbocycles. The minimum atomic E-state index is -0.706. The van der Waals surface area contributed by atoms with Gasteiger partial charge in [-0.1, -0.05) is 17.7 Å². The highest BCUT2D eigenvalue weighted by Gasteiger charge is 2.30. The zero-order valence-electron chi connectivity index (χ0n) is 15.2. The van der Waals surface area contributed by atoms with Crippen molar-refractivity contribution in [3.63, 3.8) is 0 Å². The third-order valence-corrected chi connectivity index (χ3v) is 5.05. The van der Waals surface area contributed by atoms with E-state index in [1.54, 1.807) is 12.1 Å². The SMILES string of the molecule is Cc1ccc(NC(=O)C(=O)Nc2cc3c4c(c2)CCC(=O)N4CCC3)cc1. The molecule has 6 heteroatoms. The number of benzene rings is 2. The van der Waals surface area contributed by atoms with Crippen molar-refractivity contribution in [1.29, 1.82) is 0 Å². The van der Waals surface area contributed by atoms with E-state index in [0.29, 0.717) is 24.2 Å². The Bertz CT molecular complexity index is 917. The van der Waals surface area contributed by atoms with Crippen LogP contribution in [0.15, 0.2) is 36.4 Å². The van der Waals surface area contributed by atoms with Gasteiger partial charge in [0.1, 0.15) is 0 Å². The lowest BCUT2D eigenvalue weighted by Gasteiger charge is -2.35. The minimum absolute atomic E-state index is 0.165. The van der Waals surface area contributed by atoms with Gasteiger partial charge in [-0.05, 0) is 61.6 Å². The molecule has 0 unspecified atom stereocenters. The second kappa shape index (κ2) is 6.87. The molecule has 0 spiro atoms. The first kappa shape index (κ1) is 17.3.